The maximum absolute atomic E-state index is 6.22. The summed E-state index contributed by atoms with van der Waals surface area (Å²) in [6.45, 7) is 6.43. The summed E-state index contributed by atoms with van der Waals surface area (Å²) in [6, 6.07) is 14.3. The van der Waals surface area contributed by atoms with Gasteiger partial charge in [0.05, 0.1) is 10.7 Å². The van der Waals surface area contributed by atoms with Crippen LogP contribution in [0.5, 0.6) is 0 Å². The van der Waals surface area contributed by atoms with E-state index in [4.69, 9.17) is 11.6 Å². The number of hydrogen-bond acceptors (Lipinski definition) is 3. The third-order valence-corrected chi connectivity index (χ3v) is 3.85. The Morgan fingerprint density at radius 2 is 1.83 bits per heavy atom. The molecule has 23 heavy (non-hydrogen) atoms. The Hall–Kier alpha value is -2.26. The van der Waals surface area contributed by atoms with Gasteiger partial charge in [0.15, 0.2) is 5.82 Å². The minimum atomic E-state index is -0.00948. The largest absolute Gasteiger partial charge is 0.261 e. The summed E-state index contributed by atoms with van der Waals surface area (Å²) in [5.74, 6) is 0.607. The topological polar surface area (TPSA) is 38.7 Å². The highest BCUT2D eigenvalue weighted by atomic mass is 35.5. The quantitative estimate of drug-likeness (QED) is 0.669. The van der Waals surface area contributed by atoms with Crippen molar-refractivity contribution in [1.29, 1.82) is 0 Å². The molecule has 0 aliphatic heterocycles. The summed E-state index contributed by atoms with van der Waals surface area (Å²) >= 11 is 6.22. The normalized spacial score (nSPS) is 11.5. The van der Waals surface area contributed by atoms with Gasteiger partial charge in [-0.25, -0.2) is 9.97 Å². The molecule has 2 aromatic heterocycles. The molecule has 0 unspecified atom stereocenters. The fourth-order valence-electron chi connectivity index (χ4n) is 2.24. The first kappa shape index (κ1) is 15.6. The van der Waals surface area contributed by atoms with Crippen LogP contribution in [-0.4, -0.2) is 15.0 Å². The number of aromatic nitrogens is 3. The van der Waals surface area contributed by atoms with Crippen LogP contribution >= 0.6 is 11.6 Å². The van der Waals surface area contributed by atoms with E-state index in [0.29, 0.717) is 10.8 Å². The van der Waals surface area contributed by atoms with Crippen molar-refractivity contribution in [2.45, 2.75) is 26.2 Å². The van der Waals surface area contributed by atoms with Crippen molar-refractivity contribution in [3.8, 4) is 22.6 Å². The lowest BCUT2D eigenvalue weighted by atomic mass is 9.90. The van der Waals surface area contributed by atoms with Gasteiger partial charge in [-0.2, -0.15) is 0 Å². The van der Waals surface area contributed by atoms with Gasteiger partial charge < -0.3 is 0 Å². The summed E-state index contributed by atoms with van der Waals surface area (Å²) in [5.41, 5.74) is 3.70. The van der Waals surface area contributed by atoms with Crippen LogP contribution in [0.4, 0.5) is 0 Å². The molecule has 3 nitrogen and oxygen atoms in total. The van der Waals surface area contributed by atoms with Crippen LogP contribution < -0.4 is 0 Å². The number of nitrogens with zero attached hydrogens (tertiary/aromatic N) is 3. The van der Waals surface area contributed by atoms with Crippen LogP contribution in [0.3, 0.4) is 0 Å². The lowest BCUT2D eigenvalue weighted by molar-refractivity contribution is 0.569. The van der Waals surface area contributed by atoms with Gasteiger partial charge in [0.25, 0.3) is 0 Å². The summed E-state index contributed by atoms with van der Waals surface area (Å²) in [5, 5.41) is 0.592. The van der Waals surface area contributed by atoms with Crippen molar-refractivity contribution in [3.05, 3.63) is 65.6 Å². The number of benzene rings is 1. The third kappa shape index (κ3) is 3.40. The summed E-state index contributed by atoms with van der Waals surface area (Å²) in [6.07, 6.45) is 3.57. The van der Waals surface area contributed by atoms with E-state index in [1.165, 1.54) is 0 Å². The van der Waals surface area contributed by atoms with E-state index in [9.17, 15) is 0 Å². The zero-order chi connectivity index (χ0) is 16.4. The smallest absolute Gasteiger partial charge is 0.161 e. The average Bonchev–Trinajstić information content (AvgIpc) is 2.55. The molecular weight excluding hydrogens is 306 g/mol. The molecule has 1 radical (unpaired) electrons. The SMILES string of the molecule is CC(C)(C)c1cc(-c2ccnc(-c3cc[c]cc3Cl)n2)ccn1. The Morgan fingerprint density at radius 1 is 1.04 bits per heavy atom. The van der Waals surface area contributed by atoms with E-state index in [1.807, 2.05) is 24.4 Å². The fourth-order valence-corrected chi connectivity index (χ4v) is 2.45. The minimum absolute atomic E-state index is 0.00948. The van der Waals surface area contributed by atoms with Gasteiger partial charge in [0, 0.05) is 34.6 Å². The van der Waals surface area contributed by atoms with E-state index >= 15 is 0 Å². The van der Waals surface area contributed by atoms with Crippen molar-refractivity contribution in [3.63, 3.8) is 0 Å². The lowest BCUT2D eigenvalue weighted by Crippen LogP contribution is -2.13. The maximum atomic E-state index is 6.22. The zero-order valence-corrected chi connectivity index (χ0v) is 14.1. The molecule has 3 rings (SSSR count). The van der Waals surface area contributed by atoms with Crippen LogP contribution in [0.1, 0.15) is 26.5 Å². The van der Waals surface area contributed by atoms with Gasteiger partial charge in [0.2, 0.25) is 0 Å². The molecule has 0 N–H and O–H groups in total. The number of pyridine rings is 1. The van der Waals surface area contributed by atoms with Crippen molar-refractivity contribution >= 4 is 11.6 Å². The van der Waals surface area contributed by atoms with Crippen molar-refractivity contribution in [2.75, 3.05) is 0 Å². The molecule has 0 aliphatic carbocycles. The molecule has 0 spiro atoms. The molecular formula is C19H17ClN3. The van der Waals surface area contributed by atoms with Gasteiger partial charge in [-0.15, -0.1) is 0 Å². The van der Waals surface area contributed by atoms with Crippen LogP contribution in [0.25, 0.3) is 22.6 Å². The Bertz CT molecular complexity index is 838. The van der Waals surface area contributed by atoms with Crippen LogP contribution in [0.2, 0.25) is 5.02 Å². The second kappa shape index (κ2) is 6.09. The second-order valence-electron chi connectivity index (χ2n) is 6.35. The molecule has 2 heterocycles. The molecule has 0 amide bonds. The average molecular weight is 323 g/mol. The van der Waals surface area contributed by atoms with Gasteiger partial charge in [0.1, 0.15) is 0 Å². The van der Waals surface area contributed by atoms with Gasteiger partial charge >= 0.3 is 0 Å². The molecule has 0 saturated heterocycles. The van der Waals surface area contributed by atoms with Crippen LogP contribution in [0.15, 0.2) is 48.8 Å². The monoisotopic (exact) mass is 322 g/mol. The molecule has 0 bridgehead atoms. The molecule has 0 atom stereocenters. The maximum Gasteiger partial charge on any atom is 0.161 e. The van der Waals surface area contributed by atoms with Crippen LogP contribution in [-0.2, 0) is 5.41 Å². The Balaban J connectivity index is 2.06. The molecule has 0 fully saturated rings. The van der Waals surface area contributed by atoms with Crippen molar-refractivity contribution < 1.29 is 0 Å². The third-order valence-electron chi connectivity index (χ3n) is 3.53. The molecule has 4 heteroatoms. The Morgan fingerprint density at radius 3 is 2.57 bits per heavy atom. The highest BCUT2D eigenvalue weighted by Gasteiger charge is 2.16. The predicted octanol–water partition coefficient (Wildman–Crippen LogP) is 4.96. The number of halogens is 1. The first-order valence-electron chi connectivity index (χ1n) is 7.41. The second-order valence-corrected chi connectivity index (χ2v) is 6.76. The number of hydrogen-bond donors (Lipinski definition) is 0. The molecule has 0 saturated carbocycles. The highest BCUT2D eigenvalue weighted by molar-refractivity contribution is 6.33. The van der Waals surface area contributed by atoms with Gasteiger partial charge in [-0.05, 0) is 36.4 Å². The Labute approximate surface area is 141 Å². The molecule has 3 aromatic rings. The molecule has 115 valence electrons. The van der Waals surface area contributed by atoms with Crippen LogP contribution in [0, 0.1) is 6.07 Å². The standard InChI is InChI=1S/C19H17ClN3/c1-19(2,3)17-12-13(8-10-21-17)16-9-11-22-18(23-16)14-6-4-5-7-15(14)20/h4,6-12H,1-3H3. The summed E-state index contributed by atoms with van der Waals surface area (Å²) in [4.78, 5) is 13.5. The highest BCUT2D eigenvalue weighted by Crippen LogP contribution is 2.28. The first-order chi connectivity index (χ1) is 10.9. The Kier molecular flexibility index (Phi) is 4.14. The van der Waals surface area contributed by atoms with E-state index in [-0.39, 0.29) is 5.41 Å². The zero-order valence-electron chi connectivity index (χ0n) is 13.3. The van der Waals surface area contributed by atoms with E-state index in [0.717, 1.165) is 22.5 Å². The van der Waals surface area contributed by atoms with Gasteiger partial charge in [-0.3, -0.25) is 4.98 Å². The van der Waals surface area contributed by atoms with Crippen molar-refractivity contribution in [2.24, 2.45) is 0 Å². The number of rotatable bonds is 2. The molecule has 0 aliphatic rings. The van der Waals surface area contributed by atoms with Gasteiger partial charge in [-0.1, -0.05) is 38.4 Å². The summed E-state index contributed by atoms with van der Waals surface area (Å²) in [7, 11) is 0. The van der Waals surface area contributed by atoms with E-state index < -0.39 is 0 Å². The summed E-state index contributed by atoms with van der Waals surface area (Å²) < 4.78 is 0. The first-order valence-corrected chi connectivity index (χ1v) is 7.79. The minimum Gasteiger partial charge on any atom is -0.261 e. The fraction of sp³-hybridized carbons (Fsp3) is 0.211. The lowest BCUT2D eigenvalue weighted by Gasteiger charge is -2.18. The van der Waals surface area contributed by atoms with E-state index in [2.05, 4.69) is 47.9 Å². The molecule has 1 aromatic carbocycles. The van der Waals surface area contributed by atoms with Crippen molar-refractivity contribution in [1.82, 2.24) is 15.0 Å². The predicted molar refractivity (Wildman–Crippen MR) is 93.2 cm³/mol. The van der Waals surface area contributed by atoms with E-state index in [1.54, 1.807) is 18.3 Å².